The molecular weight excluding hydrogens is 673 g/mol. The maximum atomic E-state index is 13.5. The molecule has 0 fully saturated rings. The van der Waals surface area contributed by atoms with E-state index in [1.165, 1.54) is 0 Å². The molecule has 0 heterocycles. The van der Waals surface area contributed by atoms with Crippen molar-refractivity contribution in [2.75, 3.05) is 13.1 Å². The summed E-state index contributed by atoms with van der Waals surface area (Å²) < 4.78 is -1.59. The van der Waals surface area contributed by atoms with Crippen molar-refractivity contribution >= 4 is 55.8 Å². The number of Topliss-reactive ketones (excluding diaryl/α,β-unsaturated/α-hetero) is 1. The number of carboxylic acid groups (broad SMARTS) is 2. The van der Waals surface area contributed by atoms with Crippen LogP contribution >= 0.6 is 0 Å². The van der Waals surface area contributed by atoms with Crippen molar-refractivity contribution < 1.29 is 39.0 Å². The molecule has 0 spiro atoms. The molecule has 1 rings (SSSR count). The second-order valence-electron chi connectivity index (χ2n) is 11.7. The van der Waals surface area contributed by atoms with E-state index < -0.39 is 90.9 Å². The molecule has 12 N–H and O–H groups in total. The first-order valence-corrected chi connectivity index (χ1v) is 17.9. The summed E-state index contributed by atoms with van der Waals surface area (Å²) in [5.41, 5.74) is 17.5. The van der Waals surface area contributed by atoms with Crippen molar-refractivity contribution in [2.24, 2.45) is 29.0 Å². The average molecular weight is 724 g/mol. The van der Waals surface area contributed by atoms with Gasteiger partial charge in [-0.25, -0.2) is 0 Å². The average Bonchev–Trinajstić information content (AvgIpc) is 3.00. The molecule has 0 saturated carbocycles. The zero-order valence-corrected chi connectivity index (χ0v) is 29.1. The zero-order chi connectivity index (χ0) is 35.5. The third-order valence-corrected chi connectivity index (χ3v) is 10.6. The van der Waals surface area contributed by atoms with Crippen LogP contribution in [0.4, 0.5) is 0 Å². The summed E-state index contributed by atoms with van der Waals surface area (Å²) in [6.45, 7) is 4.08. The molecule has 0 saturated heterocycles. The van der Waals surface area contributed by atoms with Crippen molar-refractivity contribution in [2.45, 2.75) is 88.0 Å². The predicted octanol–water partition coefficient (Wildman–Crippen LogP) is -0.539. The quantitative estimate of drug-likeness (QED) is 0.0282. The van der Waals surface area contributed by atoms with Gasteiger partial charge in [0.25, 0.3) is 0 Å². The molecule has 1 aromatic rings. The number of hydrogen-bond donors (Lipinski definition) is 9. The second kappa shape index (κ2) is 21.9. The van der Waals surface area contributed by atoms with Gasteiger partial charge in [0, 0.05) is 0 Å². The number of benzene rings is 1. The molecule has 0 aromatic heterocycles. The number of ketones is 1. The summed E-state index contributed by atoms with van der Waals surface area (Å²) >= 11 is -1.95. The monoisotopic (exact) mass is 723 g/mol. The van der Waals surface area contributed by atoms with Crippen LogP contribution in [0.5, 0.6) is 0 Å². The van der Waals surface area contributed by atoms with Gasteiger partial charge in [-0.1, -0.05) is 0 Å². The minimum absolute atomic E-state index is 0.0270. The first-order chi connectivity index (χ1) is 22.2. The van der Waals surface area contributed by atoms with Gasteiger partial charge in [0.15, 0.2) is 0 Å². The zero-order valence-electron chi connectivity index (χ0n) is 27.0. The van der Waals surface area contributed by atoms with E-state index in [0.717, 1.165) is 0 Å². The normalized spacial score (nSPS) is 14.5. The van der Waals surface area contributed by atoms with Crippen molar-refractivity contribution in [3.05, 3.63) is 35.9 Å². The molecule has 2 amide bonds. The number of rotatable bonds is 24. The van der Waals surface area contributed by atoms with Gasteiger partial charge >= 0.3 is 282 Å². The van der Waals surface area contributed by atoms with Gasteiger partial charge in [0.2, 0.25) is 0 Å². The van der Waals surface area contributed by atoms with Crippen molar-refractivity contribution in [3.63, 3.8) is 0 Å². The molecule has 16 heteroatoms. The number of carbonyl (C=O) groups excluding carboxylic acids is 4. The van der Waals surface area contributed by atoms with Crippen molar-refractivity contribution in [3.8, 4) is 0 Å². The standard InChI is InChI=1S/C31H50AsN7O8/c1-18(2)20(28(44)39-24(30(46)47)15-19-9-4-3-5-10-19)16-25(40)21(17-26(41)42)32-27(43)23(12-6-7-13-33)38-29(45)22(34)11-8-14-37-31(35)36/h3-5,9-10,18,20-24,32H,6-8,11-17,33-34H2,1-2H3,(H,38,45)(H,39,44)(H,41,42)(H,46,47)(H4,35,36,37)/t20?,21?,22-,23-,24-/m0/s1. The molecule has 0 aliphatic heterocycles. The first kappa shape index (κ1) is 41.2. The molecule has 15 nitrogen and oxygen atoms in total. The molecule has 1 aromatic carbocycles. The van der Waals surface area contributed by atoms with E-state index in [2.05, 4.69) is 16.0 Å². The van der Waals surface area contributed by atoms with Crippen molar-refractivity contribution in [1.29, 1.82) is 5.41 Å². The number of carbonyl (C=O) groups is 6. The number of hydrogen-bond acceptors (Lipinski definition) is 9. The molecule has 6 atom stereocenters. The Morgan fingerprint density at radius 3 is 2.09 bits per heavy atom. The molecule has 0 aliphatic rings. The van der Waals surface area contributed by atoms with Gasteiger partial charge in [0.05, 0.1) is 0 Å². The van der Waals surface area contributed by atoms with E-state index in [9.17, 15) is 39.0 Å². The molecule has 0 radical (unpaired) electrons. The van der Waals surface area contributed by atoms with Crippen LogP contribution in [0.2, 0.25) is 4.71 Å². The Morgan fingerprint density at radius 1 is 0.894 bits per heavy atom. The first-order valence-electron chi connectivity index (χ1n) is 15.6. The van der Waals surface area contributed by atoms with E-state index in [0.29, 0.717) is 37.9 Å². The third kappa shape index (κ3) is 16.5. The second-order valence-corrected chi connectivity index (χ2v) is 14.8. The SMILES string of the molecule is CC(C)C(CC(=O)C(CC(=O)O)[AsH]C(=O)[C@H](CCCCN)NC(=O)[C@@H](N)CCCNC(=N)N)C(=O)N[C@@H](Cc1ccccc1)C(=O)O. The Balaban J connectivity index is 3.05. The summed E-state index contributed by atoms with van der Waals surface area (Å²) in [4.78, 5) is 76.8. The van der Waals surface area contributed by atoms with Gasteiger partial charge in [0.1, 0.15) is 0 Å². The maximum absolute atomic E-state index is 13.5. The number of aliphatic carboxylic acids is 2. The van der Waals surface area contributed by atoms with E-state index in [-0.39, 0.29) is 31.6 Å². The Labute approximate surface area is 281 Å². The van der Waals surface area contributed by atoms with E-state index in [4.69, 9.17) is 22.6 Å². The van der Waals surface area contributed by atoms with Crippen LogP contribution in [0.25, 0.3) is 0 Å². The molecule has 262 valence electrons. The Kier molecular flexibility index (Phi) is 19.2. The van der Waals surface area contributed by atoms with E-state index >= 15 is 0 Å². The van der Waals surface area contributed by atoms with Crippen LogP contribution in [-0.2, 0) is 35.2 Å². The van der Waals surface area contributed by atoms with Gasteiger partial charge in [-0.05, 0) is 0 Å². The fourth-order valence-corrected chi connectivity index (χ4v) is 7.49. The number of carboxylic acids is 2. The number of nitrogens with two attached hydrogens (primary N) is 3. The summed E-state index contributed by atoms with van der Waals surface area (Å²) in [5, 5.41) is 34.3. The van der Waals surface area contributed by atoms with Crippen LogP contribution in [0.3, 0.4) is 0 Å². The number of nitrogens with one attached hydrogen (secondary N) is 4. The van der Waals surface area contributed by atoms with Crippen LogP contribution in [0.1, 0.15) is 64.4 Å². The van der Waals surface area contributed by atoms with E-state index in [1.807, 2.05) is 0 Å². The van der Waals surface area contributed by atoms with Crippen LogP contribution in [0, 0.1) is 17.2 Å². The molecule has 3 unspecified atom stereocenters. The molecule has 0 bridgehead atoms. The van der Waals surface area contributed by atoms with Gasteiger partial charge in [-0.3, -0.25) is 0 Å². The molecule has 47 heavy (non-hydrogen) atoms. The minimum atomic E-state index is -1.95. The molecule has 0 aliphatic carbocycles. The van der Waals surface area contributed by atoms with Gasteiger partial charge < -0.3 is 0 Å². The van der Waals surface area contributed by atoms with Crippen molar-refractivity contribution in [1.82, 2.24) is 16.0 Å². The Morgan fingerprint density at radius 2 is 1.53 bits per heavy atom. The molecular formula is C31H50AsN7O8. The van der Waals surface area contributed by atoms with Crippen LogP contribution in [0.15, 0.2) is 30.3 Å². The van der Waals surface area contributed by atoms with Gasteiger partial charge in [-0.15, -0.1) is 0 Å². The predicted molar refractivity (Wildman–Crippen MR) is 178 cm³/mol. The van der Waals surface area contributed by atoms with Gasteiger partial charge in [-0.2, -0.15) is 0 Å². The Hall–Kier alpha value is -3.81. The fourth-order valence-electron chi connectivity index (χ4n) is 4.73. The fraction of sp³-hybridized carbons (Fsp3) is 0.581. The third-order valence-electron chi connectivity index (χ3n) is 7.47. The topological polar surface area (TPSA) is 281 Å². The number of unbranched alkanes of at least 4 members (excludes halogenated alkanes) is 1. The summed E-state index contributed by atoms with van der Waals surface area (Å²) in [5.74, 6) is -5.92. The summed E-state index contributed by atoms with van der Waals surface area (Å²) in [6.07, 6.45) is 1.02. The number of guanidine groups is 1. The summed E-state index contributed by atoms with van der Waals surface area (Å²) in [7, 11) is 0. The summed E-state index contributed by atoms with van der Waals surface area (Å²) in [6, 6.07) is 5.55. The Bertz CT molecular complexity index is 1220. The van der Waals surface area contributed by atoms with Crippen LogP contribution in [-0.4, -0.2) is 97.2 Å². The van der Waals surface area contributed by atoms with Crippen LogP contribution < -0.4 is 33.2 Å². The number of amides is 2. The van der Waals surface area contributed by atoms with E-state index in [1.54, 1.807) is 44.2 Å².